The summed E-state index contributed by atoms with van der Waals surface area (Å²) in [6, 6.07) is 1.52. The summed E-state index contributed by atoms with van der Waals surface area (Å²) in [5, 5.41) is 3.91. The molecule has 0 spiro atoms. The van der Waals surface area contributed by atoms with Crippen molar-refractivity contribution in [2.45, 2.75) is 6.92 Å². The first-order chi connectivity index (χ1) is 8.22. The Morgan fingerprint density at radius 2 is 2.41 bits per heavy atom. The minimum absolute atomic E-state index is 0.271. The van der Waals surface area contributed by atoms with Gasteiger partial charge >= 0.3 is 5.97 Å². The third kappa shape index (κ3) is 2.22. The molecular weight excluding hydrogens is 222 g/mol. The predicted octanol–water partition coefficient (Wildman–Crippen LogP) is 0.421. The molecule has 0 aliphatic carbocycles. The van der Waals surface area contributed by atoms with Gasteiger partial charge in [-0.2, -0.15) is 5.10 Å². The Labute approximate surface area is 97.2 Å². The molecule has 0 radical (unpaired) electrons. The van der Waals surface area contributed by atoms with Gasteiger partial charge in [-0.25, -0.2) is 19.4 Å². The minimum atomic E-state index is -0.478. The molecule has 0 unspecified atom stereocenters. The van der Waals surface area contributed by atoms with Crippen molar-refractivity contribution in [1.29, 1.82) is 0 Å². The molecule has 0 bridgehead atoms. The Balaban J connectivity index is 2.39. The van der Waals surface area contributed by atoms with Crippen molar-refractivity contribution >= 4 is 11.7 Å². The van der Waals surface area contributed by atoms with E-state index in [1.807, 2.05) is 0 Å². The number of rotatable bonds is 3. The highest BCUT2D eigenvalue weighted by Gasteiger charge is 2.13. The van der Waals surface area contributed by atoms with Crippen LogP contribution in [-0.2, 0) is 4.74 Å². The SMILES string of the molecule is CCOC(=O)c1cc(-n2cncn2)ncc1N. The Hall–Kier alpha value is -2.44. The molecular formula is C10H11N5O2. The lowest BCUT2D eigenvalue weighted by Gasteiger charge is -2.06. The van der Waals surface area contributed by atoms with E-state index in [9.17, 15) is 4.79 Å². The van der Waals surface area contributed by atoms with Gasteiger partial charge < -0.3 is 10.5 Å². The number of aromatic nitrogens is 4. The van der Waals surface area contributed by atoms with Crippen LogP contribution in [0.1, 0.15) is 17.3 Å². The Kier molecular flexibility index (Phi) is 2.99. The molecule has 0 aliphatic rings. The fourth-order valence-corrected chi connectivity index (χ4v) is 1.29. The van der Waals surface area contributed by atoms with E-state index in [1.54, 1.807) is 6.92 Å². The fourth-order valence-electron chi connectivity index (χ4n) is 1.29. The second-order valence-corrected chi connectivity index (χ2v) is 3.19. The normalized spacial score (nSPS) is 10.2. The Bertz CT molecular complexity index is 523. The van der Waals surface area contributed by atoms with E-state index in [2.05, 4.69) is 15.1 Å². The number of hydrogen-bond acceptors (Lipinski definition) is 6. The van der Waals surface area contributed by atoms with E-state index in [1.165, 1.54) is 29.6 Å². The predicted molar refractivity (Wildman–Crippen MR) is 59.5 cm³/mol. The molecule has 7 heteroatoms. The topological polar surface area (TPSA) is 95.9 Å². The molecule has 0 atom stereocenters. The van der Waals surface area contributed by atoms with Crippen LogP contribution >= 0.6 is 0 Å². The summed E-state index contributed by atoms with van der Waals surface area (Å²) in [4.78, 5) is 19.5. The van der Waals surface area contributed by atoms with Gasteiger partial charge in [-0.3, -0.25) is 0 Å². The first-order valence-electron chi connectivity index (χ1n) is 5.00. The number of pyridine rings is 1. The molecule has 0 amide bonds. The maximum absolute atomic E-state index is 11.6. The lowest BCUT2D eigenvalue weighted by molar-refractivity contribution is 0.0527. The number of nitrogens with zero attached hydrogens (tertiary/aromatic N) is 4. The molecule has 2 aromatic rings. The van der Waals surface area contributed by atoms with Gasteiger partial charge in [0.05, 0.1) is 24.1 Å². The summed E-state index contributed by atoms with van der Waals surface area (Å²) in [7, 11) is 0. The molecule has 0 fully saturated rings. The van der Waals surface area contributed by atoms with Gasteiger partial charge in [0.2, 0.25) is 0 Å². The molecule has 88 valence electrons. The molecule has 2 aromatic heterocycles. The van der Waals surface area contributed by atoms with Crippen LogP contribution in [0.2, 0.25) is 0 Å². The Morgan fingerprint density at radius 1 is 1.59 bits per heavy atom. The summed E-state index contributed by atoms with van der Waals surface area (Å²) in [6.07, 6.45) is 4.25. The molecule has 7 nitrogen and oxygen atoms in total. The van der Waals surface area contributed by atoms with Crippen molar-refractivity contribution < 1.29 is 9.53 Å². The van der Waals surface area contributed by atoms with Gasteiger partial charge in [0.1, 0.15) is 12.7 Å². The third-order valence-electron chi connectivity index (χ3n) is 2.07. The number of nitrogen functional groups attached to an aromatic ring is 1. The van der Waals surface area contributed by atoms with Gasteiger partial charge in [-0.15, -0.1) is 0 Å². The van der Waals surface area contributed by atoms with Crippen molar-refractivity contribution in [2.75, 3.05) is 12.3 Å². The fraction of sp³-hybridized carbons (Fsp3) is 0.200. The largest absolute Gasteiger partial charge is 0.462 e. The monoisotopic (exact) mass is 233 g/mol. The summed E-state index contributed by atoms with van der Waals surface area (Å²) in [5.74, 6) is -0.0199. The van der Waals surface area contributed by atoms with Gasteiger partial charge in [-0.05, 0) is 13.0 Å². The van der Waals surface area contributed by atoms with E-state index < -0.39 is 5.97 Å². The molecule has 0 saturated carbocycles. The zero-order valence-electron chi connectivity index (χ0n) is 9.20. The number of esters is 1. The molecule has 2 heterocycles. The van der Waals surface area contributed by atoms with E-state index in [0.717, 1.165) is 0 Å². The van der Waals surface area contributed by atoms with Crippen LogP contribution in [0.4, 0.5) is 5.69 Å². The molecule has 0 aromatic carbocycles. The number of nitrogens with two attached hydrogens (primary N) is 1. The molecule has 2 N–H and O–H groups in total. The second kappa shape index (κ2) is 4.60. The van der Waals surface area contributed by atoms with E-state index >= 15 is 0 Å². The van der Waals surface area contributed by atoms with Crippen molar-refractivity contribution in [3.05, 3.63) is 30.5 Å². The van der Waals surface area contributed by atoms with Crippen LogP contribution in [0, 0.1) is 0 Å². The number of anilines is 1. The second-order valence-electron chi connectivity index (χ2n) is 3.19. The highest BCUT2D eigenvalue weighted by Crippen LogP contribution is 2.14. The molecule has 0 aliphatic heterocycles. The summed E-state index contributed by atoms with van der Waals surface area (Å²) >= 11 is 0. The lowest BCUT2D eigenvalue weighted by atomic mass is 10.2. The highest BCUT2D eigenvalue weighted by molar-refractivity contribution is 5.95. The smallest absolute Gasteiger partial charge is 0.340 e. The van der Waals surface area contributed by atoms with Gasteiger partial charge in [0, 0.05) is 0 Å². The standard InChI is InChI=1S/C10H11N5O2/c1-2-17-10(16)7-3-9(13-4-8(7)11)15-6-12-5-14-15/h3-6H,2,11H2,1H3. The van der Waals surface area contributed by atoms with Gasteiger partial charge in [-0.1, -0.05) is 0 Å². The lowest BCUT2D eigenvalue weighted by Crippen LogP contribution is -2.10. The summed E-state index contributed by atoms with van der Waals surface area (Å²) in [5.41, 5.74) is 6.21. The molecule has 17 heavy (non-hydrogen) atoms. The average Bonchev–Trinajstić information content (AvgIpc) is 2.83. The van der Waals surface area contributed by atoms with Crippen LogP contribution in [0.25, 0.3) is 5.82 Å². The van der Waals surface area contributed by atoms with Crippen LogP contribution in [-0.4, -0.2) is 32.3 Å². The maximum atomic E-state index is 11.6. The van der Waals surface area contributed by atoms with Crippen molar-refractivity contribution in [1.82, 2.24) is 19.7 Å². The summed E-state index contributed by atoms with van der Waals surface area (Å²) in [6.45, 7) is 2.02. The van der Waals surface area contributed by atoms with E-state index in [-0.39, 0.29) is 11.3 Å². The zero-order chi connectivity index (χ0) is 12.3. The van der Waals surface area contributed by atoms with Crippen molar-refractivity contribution in [3.63, 3.8) is 0 Å². The van der Waals surface area contributed by atoms with Crippen molar-refractivity contribution in [2.24, 2.45) is 0 Å². The minimum Gasteiger partial charge on any atom is -0.462 e. The highest BCUT2D eigenvalue weighted by atomic mass is 16.5. The maximum Gasteiger partial charge on any atom is 0.340 e. The first-order valence-corrected chi connectivity index (χ1v) is 5.00. The summed E-state index contributed by atoms with van der Waals surface area (Å²) < 4.78 is 6.32. The van der Waals surface area contributed by atoms with Crippen LogP contribution < -0.4 is 5.73 Å². The van der Waals surface area contributed by atoms with Gasteiger partial charge in [0.25, 0.3) is 0 Å². The number of carbonyl (C=O) groups excluding carboxylic acids is 1. The third-order valence-corrected chi connectivity index (χ3v) is 2.07. The number of hydrogen-bond donors (Lipinski definition) is 1. The van der Waals surface area contributed by atoms with E-state index in [4.69, 9.17) is 10.5 Å². The first kappa shape index (κ1) is 11.1. The number of ether oxygens (including phenoxy) is 1. The Morgan fingerprint density at radius 3 is 3.06 bits per heavy atom. The zero-order valence-corrected chi connectivity index (χ0v) is 9.20. The van der Waals surface area contributed by atoms with Crippen LogP contribution in [0.15, 0.2) is 24.9 Å². The van der Waals surface area contributed by atoms with Crippen LogP contribution in [0.5, 0.6) is 0 Å². The van der Waals surface area contributed by atoms with Crippen molar-refractivity contribution in [3.8, 4) is 5.82 Å². The molecule has 0 saturated heterocycles. The number of carbonyl (C=O) groups is 1. The quantitative estimate of drug-likeness (QED) is 0.772. The van der Waals surface area contributed by atoms with Crippen LogP contribution in [0.3, 0.4) is 0 Å². The molecule has 2 rings (SSSR count). The average molecular weight is 233 g/mol. The van der Waals surface area contributed by atoms with E-state index in [0.29, 0.717) is 12.4 Å². The van der Waals surface area contributed by atoms with Gasteiger partial charge in [0.15, 0.2) is 5.82 Å².